The van der Waals surface area contributed by atoms with Crippen LogP contribution in [-0.2, 0) is 0 Å². The lowest BCUT2D eigenvalue weighted by molar-refractivity contribution is 0.872. The van der Waals surface area contributed by atoms with Crippen LogP contribution in [0.15, 0.2) is 49.1 Å². The van der Waals surface area contributed by atoms with Gasteiger partial charge in [-0.2, -0.15) is 0 Å². The molecule has 0 heteroatoms. The van der Waals surface area contributed by atoms with Gasteiger partial charge in [0.15, 0.2) is 0 Å². The van der Waals surface area contributed by atoms with Crippen LogP contribution in [0.5, 0.6) is 0 Å². The van der Waals surface area contributed by atoms with E-state index in [-0.39, 0.29) is 0 Å². The molecule has 0 N–H and O–H groups in total. The molecule has 13 heavy (non-hydrogen) atoms. The Morgan fingerprint density at radius 2 is 1.85 bits per heavy atom. The fraction of sp³-hybridized carbons (Fsp3) is 0.231. The van der Waals surface area contributed by atoms with Crippen LogP contribution >= 0.6 is 0 Å². The van der Waals surface area contributed by atoms with Gasteiger partial charge in [0, 0.05) is 0 Å². The lowest BCUT2D eigenvalue weighted by atomic mass is 10.1. The molecule has 0 saturated heterocycles. The molecule has 0 heterocycles. The number of hydrogen-bond acceptors (Lipinski definition) is 0. The van der Waals surface area contributed by atoms with Crippen LogP contribution in [-0.4, -0.2) is 0 Å². The second kappa shape index (κ2) is 6.24. The first-order chi connectivity index (χ1) is 6.43. The average Bonchev–Trinajstić information content (AvgIpc) is 2.19. The highest BCUT2D eigenvalue weighted by Gasteiger charge is 1.82. The zero-order chi connectivity index (χ0) is 9.36. The predicted octanol–water partition coefficient (Wildman–Crippen LogP) is 4.06. The van der Waals surface area contributed by atoms with Crippen molar-refractivity contribution >= 4 is 6.08 Å². The Bertz CT molecular complexity index is 257. The Kier molecular flexibility index (Phi) is 4.70. The topological polar surface area (TPSA) is 0 Å². The summed E-state index contributed by atoms with van der Waals surface area (Å²) in [5.74, 6) is 0. The number of allylic oxidation sites excluding steroid dienone is 2. The van der Waals surface area contributed by atoms with Gasteiger partial charge in [-0.3, -0.25) is 0 Å². The Morgan fingerprint density at radius 3 is 2.54 bits per heavy atom. The van der Waals surface area contributed by atoms with Gasteiger partial charge in [0.2, 0.25) is 0 Å². The van der Waals surface area contributed by atoms with Crippen molar-refractivity contribution in [3.8, 4) is 0 Å². The van der Waals surface area contributed by atoms with E-state index in [1.165, 1.54) is 12.0 Å². The maximum Gasteiger partial charge on any atom is -0.0260 e. The molecule has 0 aliphatic carbocycles. The van der Waals surface area contributed by atoms with E-state index < -0.39 is 0 Å². The Balaban J connectivity index is 2.28. The zero-order valence-electron chi connectivity index (χ0n) is 7.95. The van der Waals surface area contributed by atoms with Gasteiger partial charge in [0.25, 0.3) is 0 Å². The number of rotatable bonds is 5. The number of hydrogen-bond donors (Lipinski definition) is 0. The second-order valence-corrected chi connectivity index (χ2v) is 3.03. The van der Waals surface area contributed by atoms with Crippen LogP contribution in [0.4, 0.5) is 0 Å². The third kappa shape index (κ3) is 4.32. The van der Waals surface area contributed by atoms with Crippen LogP contribution in [0.3, 0.4) is 0 Å². The largest absolute Gasteiger partial charge is 0.103 e. The molecule has 0 amide bonds. The van der Waals surface area contributed by atoms with Gasteiger partial charge in [-0.05, 0) is 24.8 Å². The van der Waals surface area contributed by atoms with Crippen molar-refractivity contribution in [3.05, 3.63) is 54.6 Å². The molecule has 0 saturated carbocycles. The molecule has 0 unspecified atom stereocenters. The fourth-order valence-corrected chi connectivity index (χ4v) is 1.16. The smallest absolute Gasteiger partial charge is 0.0260 e. The number of unbranched alkanes of at least 4 members (excludes halogenated alkanes) is 2. The monoisotopic (exact) mass is 172 g/mol. The summed E-state index contributed by atoms with van der Waals surface area (Å²) in [4.78, 5) is 0. The molecule has 0 aromatic heterocycles. The first-order valence-corrected chi connectivity index (χ1v) is 4.76. The predicted molar refractivity (Wildman–Crippen MR) is 59.5 cm³/mol. The first-order valence-electron chi connectivity index (χ1n) is 4.76. The second-order valence-electron chi connectivity index (χ2n) is 3.03. The summed E-state index contributed by atoms with van der Waals surface area (Å²) in [7, 11) is 0. The van der Waals surface area contributed by atoms with Crippen LogP contribution in [0.25, 0.3) is 6.08 Å². The molecule has 68 valence electrons. The maximum absolute atomic E-state index is 3.69. The molecule has 1 aromatic carbocycles. The standard InChI is InChI=1S/C13H16/c1-2-3-4-5-7-10-13-11-8-6-9-12-13/h2,6-12H,1,3-5H2. The zero-order valence-corrected chi connectivity index (χ0v) is 7.95. The van der Waals surface area contributed by atoms with Crippen molar-refractivity contribution in [2.45, 2.75) is 19.3 Å². The minimum atomic E-state index is 1.11. The Labute approximate surface area is 80.6 Å². The molecule has 0 spiro atoms. The van der Waals surface area contributed by atoms with Gasteiger partial charge in [-0.15, -0.1) is 6.58 Å². The van der Waals surface area contributed by atoms with E-state index in [9.17, 15) is 0 Å². The van der Waals surface area contributed by atoms with Crippen LogP contribution in [0, 0.1) is 0 Å². The van der Waals surface area contributed by atoms with Gasteiger partial charge < -0.3 is 0 Å². The van der Waals surface area contributed by atoms with E-state index >= 15 is 0 Å². The van der Waals surface area contributed by atoms with E-state index in [2.05, 4.69) is 43.0 Å². The van der Waals surface area contributed by atoms with Gasteiger partial charge in [0.05, 0.1) is 0 Å². The fourth-order valence-electron chi connectivity index (χ4n) is 1.16. The summed E-state index contributed by atoms with van der Waals surface area (Å²) in [6.07, 6.45) is 9.81. The molecular formula is C13H16. The van der Waals surface area contributed by atoms with Crippen molar-refractivity contribution in [2.75, 3.05) is 0 Å². The molecule has 0 aliphatic heterocycles. The molecule has 0 atom stereocenters. The Morgan fingerprint density at radius 1 is 1.08 bits per heavy atom. The van der Waals surface area contributed by atoms with E-state index in [1.54, 1.807) is 0 Å². The third-order valence-corrected chi connectivity index (χ3v) is 1.89. The first kappa shape index (κ1) is 9.79. The van der Waals surface area contributed by atoms with E-state index in [4.69, 9.17) is 0 Å². The molecular weight excluding hydrogens is 156 g/mol. The average molecular weight is 172 g/mol. The summed E-state index contributed by atoms with van der Waals surface area (Å²) < 4.78 is 0. The van der Waals surface area contributed by atoms with Crippen molar-refractivity contribution in [1.29, 1.82) is 0 Å². The Hall–Kier alpha value is -1.30. The lowest BCUT2D eigenvalue weighted by Crippen LogP contribution is -1.70. The molecule has 1 aromatic rings. The van der Waals surface area contributed by atoms with E-state index in [1.807, 2.05) is 12.1 Å². The van der Waals surface area contributed by atoms with E-state index in [0.717, 1.165) is 12.8 Å². The molecule has 1 rings (SSSR count). The summed E-state index contributed by atoms with van der Waals surface area (Å²) >= 11 is 0. The molecule has 0 bridgehead atoms. The minimum absolute atomic E-state index is 1.11. The highest BCUT2D eigenvalue weighted by Crippen LogP contribution is 2.04. The van der Waals surface area contributed by atoms with Crippen molar-refractivity contribution in [2.24, 2.45) is 0 Å². The summed E-state index contributed by atoms with van der Waals surface area (Å²) in [6.45, 7) is 3.69. The van der Waals surface area contributed by atoms with Crippen LogP contribution in [0.2, 0.25) is 0 Å². The van der Waals surface area contributed by atoms with Crippen molar-refractivity contribution < 1.29 is 0 Å². The molecule has 0 nitrogen and oxygen atoms in total. The third-order valence-electron chi connectivity index (χ3n) is 1.89. The quantitative estimate of drug-likeness (QED) is 0.464. The van der Waals surface area contributed by atoms with Crippen molar-refractivity contribution in [3.63, 3.8) is 0 Å². The van der Waals surface area contributed by atoms with Gasteiger partial charge >= 0.3 is 0 Å². The number of benzene rings is 1. The minimum Gasteiger partial charge on any atom is -0.103 e. The highest BCUT2D eigenvalue weighted by atomic mass is 13.9. The van der Waals surface area contributed by atoms with Crippen LogP contribution < -0.4 is 0 Å². The van der Waals surface area contributed by atoms with Gasteiger partial charge in [0.1, 0.15) is 0 Å². The van der Waals surface area contributed by atoms with Gasteiger partial charge in [-0.25, -0.2) is 0 Å². The summed E-state index contributed by atoms with van der Waals surface area (Å²) in [5, 5.41) is 0. The van der Waals surface area contributed by atoms with Crippen LogP contribution in [0.1, 0.15) is 24.8 Å². The lowest BCUT2D eigenvalue weighted by Gasteiger charge is -1.91. The molecule has 0 fully saturated rings. The summed E-state index contributed by atoms with van der Waals surface area (Å²) in [6, 6.07) is 10.4. The molecule has 0 radical (unpaired) electrons. The molecule has 0 aliphatic rings. The van der Waals surface area contributed by atoms with Gasteiger partial charge in [-0.1, -0.05) is 48.6 Å². The van der Waals surface area contributed by atoms with E-state index in [0.29, 0.717) is 0 Å². The maximum atomic E-state index is 3.69. The normalized spacial score (nSPS) is 10.5. The summed E-state index contributed by atoms with van der Waals surface area (Å²) in [5.41, 5.74) is 1.28. The SMILES string of the molecule is C=CCCCC=Cc1ccccc1. The van der Waals surface area contributed by atoms with Crippen molar-refractivity contribution in [1.82, 2.24) is 0 Å². The highest BCUT2D eigenvalue weighted by molar-refractivity contribution is 5.48.